The molecule has 0 bridgehead atoms. The average molecular weight is 538 g/mol. The van der Waals surface area contributed by atoms with Gasteiger partial charge in [-0.05, 0) is 42.7 Å². The number of halogens is 2. The number of hydrogen-bond acceptors (Lipinski definition) is 4. The van der Waals surface area contributed by atoms with Crippen molar-refractivity contribution in [2.24, 2.45) is 0 Å². The third-order valence-corrected chi connectivity index (χ3v) is 6.18. The predicted molar refractivity (Wildman–Crippen MR) is 127 cm³/mol. The summed E-state index contributed by atoms with van der Waals surface area (Å²) in [4.78, 5) is 18.1. The molecule has 0 radical (unpaired) electrons. The highest BCUT2D eigenvalue weighted by Crippen LogP contribution is 2.34. The second kappa shape index (κ2) is 8.98. The summed E-state index contributed by atoms with van der Waals surface area (Å²) in [7, 11) is 0. The van der Waals surface area contributed by atoms with Gasteiger partial charge in [0.25, 0.3) is 5.91 Å². The van der Waals surface area contributed by atoms with Crippen molar-refractivity contribution in [1.82, 2.24) is 4.98 Å². The van der Waals surface area contributed by atoms with E-state index in [0.29, 0.717) is 10.9 Å². The van der Waals surface area contributed by atoms with Crippen molar-refractivity contribution >= 4 is 54.2 Å². The fourth-order valence-electron chi connectivity index (χ4n) is 2.84. The first-order valence-corrected chi connectivity index (χ1v) is 11.5. The van der Waals surface area contributed by atoms with Crippen LogP contribution in [-0.4, -0.2) is 17.5 Å². The molecular formula is C22H22Br2N2O2S. The van der Waals surface area contributed by atoms with Gasteiger partial charge in [0.05, 0.1) is 5.69 Å². The fourth-order valence-corrected chi connectivity index (χ4v) is 4.32. The Morgan fingerprint density at radius 3 is 2.41 bits per heavy atom. The Balaban J connectivity index is 1.68. The number of nitrogens with one attached hydrogen (secondary N) is 1. The lowest BCUT2D eigenvalue weighted by molar-refractivity contribution is -0.118. The van der Waals surface area contributed by atoms with Gasteiger partial charge in [0.2, 0.25) is 0 Å². The van der Waals surface area contributed by atoms with E-state index in [0.717, 1.165) is 30.6 Å². The number of carbonyl (C=O) groups is 1. The quantitative estimate of drug-likeness (QED) is 0.382. The summed E-state index contributed by atoms with van der Waals surface area (Å²) in [5, 5.41) is 3.42. The van der Waals surface area contributed by atoms with E-state index in [1.807, 2.05) is 49.4 Å². The molecule has 0 aliphatic rings. The molecule has 0 saturated carbocycles. The van der Waals surface area contributed by atoms with Crippen LogP contribution in [0, 0.1) is 6.92 Å². The Kier molecular flexibility index (Phi) is 6.81. The van der Waals surface area contributed by atoms with Gasteiger partial charge in [-0.1, -0.05) is 64.8 Å². The molecule has 29 heavy (non-hydrogen) atoms. The van der Waals surface area contributed by atoms with Crippen molar-refractivity contribution in [2.75, 3.05) is 11.9 Å². The van der Waals surface area contributed by atoms with Gasteiger partial charge in [0.1, 0.15) is 5.75 Å². The maximum atomic E-state index is 12.4. The Hall–Kier alpha value is -1.70. The van der Waals surface area contributed by atoms with Crippen LogP contribution in [0.3, 0.4) is 0 Å². The lowest BCUT2D eigenvalue weighted by Gasteiger charge is -2.23. The van der Waals surface area contributed by atoms with Crippen LogP contribution in [0.5, 0.6) is 5.75 Å². The summed E-state index contributed by atoms with van der Waals surface area (Å²) < 4.78 is 7.83. The highest BCUT2D eigenvalue weighted by molar-refractivity contribution is 9.10. The maximum absolute atomic E-state index is 12.4. The number of benzene rings is 2. The largest absolute Gasteiger partial charge is 0.483 e. The van der Waals surface area contributed by atoms with Gasteiger partial charge in [0.15, 0.2) is 11.7 Å². The van der Waals surface area contributed by atoms with Crippen LogP contribution in [0.15, 0.2) is 51.4 Å². The first-order valence-electron chi connectivity index (χ1n) is 9.09. The van der Waals surface area contributed by atoms with Gasteiger partial charge >= 0.3 is 0 Å². The third kappa shape index (κ3) is 5.68. The number of rotatable bonds is 5. The Morgan fingerprint density at radius 2 is 1.76 bits per heavy atom. The van der Waals surface area contributed by atoms with E-state index in [-0.39, 0.29) is 17.9 Å². The Bertz CT molecular complexity index is 1020. The van der Waals surface area contributed by atoms with Crippen LogP contribution < -0.4 is 10.1 Å². The van der Waals surface area contributed by atoms with Gasteiger partial charge < -0.3 is 4.74 Å². The molecule has 0 aliphatic carbocycles. The van der Waals surface area contributed by atoms with Crippen molar-refractivity contribution in [1.29, 1.82) is 0 Å². The minimum Gasteiger partial charge on any atom is -0.483 e. The highest BCUT2D eigenvalue weighted by atomic mass is 79.9. The second-order valence-corrected chi connectivity index (χ2v) is 10.7. The number of nitrogens with zero attached hydrogens (tertiary/aromatic N) is 1. The molecule has 0 unspecified atom stereocenters. The molecule has 0 fully saturated rings. The summed E-state index contributed by atoms with van der Waals surface area (Å²) >= 11 is 8.40. The summed E-state index contributed by atoms with van der Waals surface area (Å²) in [6.07, 6.45) is 0. The van der Waals surface area contributed by atoms with Crippen molar-refractivity contribution in [3.63, 3.8) is 0 Å². The van der Waals surface area contributed by atoms with Crippen LogP contribution in [-0.2, 0) is 10.2 Å². The number of thiazole rings is 1. The van der Waals surface area contributed by atoms with E-state index in [4.69, 9.17) is 4.74 Å². The molecule has 3 aromatic rings. The molecule has 1 heterocycles. The van der Waals surface area contributed by atoms with Gasteiger partial charge in [-0.3, -0.25) is 10.1 Å². The van der Waals surface area contributed by atoms with Crippen LogP contribution in [0.25, 0.3) is 11.3 Å². The molecule has 1 amide bonds. The number of amides is 1. The summed E-state index contributed by atoms with van der Waals surface area (Å²) in [5.41, 5.74) is 2.84. The zero-order valence-corrected chi connectivity index (χ0v) is 20.7. The van der Waals surface area contributed by atoms with E-state index in [1.54, 1.807) is 0 Å². The molecule has 152 valence electrons. The number of aryl methyl sites for hydroxylation is 1. The number of hydrogen-bond donors (Lipinski definition) is 1. The first-order chi connectivity index (χ1) is 13.6. The van der Waals surface area contributed by atoms with Crippen molar-refractivity contribution in [3.8, 4) is 17.0 Å². The molecule has 1 aromatic heterocycles. The van der Waals surface area contributed by atoms with Crippen LogP contribution in [0.4, 0.5) is 5.13 Å². The van der Waals surface area contributed by atoms with Crippen LogP contribution >= 0.6 is 43.2 Å². The number of aromatic nitrogens is 1. The van der Waals surface area contributed by atoms with E-state index >= 15 is 0 Å². The second-order valence-electron chi connectivity index (χ2n) is 7.66. The molecule has 0 atom stereocenters. The van der Waals surface area contributed by atoms with Gasteiger partial charge in [-0.25, -0.2) is 4.98 Å². The van der Waals surface area contributed by atoms with E-state index < -0.39 is 0 Å². The van der Waals surface area contributed by atoms with E-state index in [9.17, 15) is 4.79 Å². The smallest absolute Gasteiger partial charge is 0.264 e. The van der Waals surface area contributed by atoms with Gasteiger partial charge in [-0.15, -0.1) is 11.3 Å². The molecule has 0 saturated heterocycles. The summed E-state index contributed by atoms with van der Waals surface area (Å²) in [6, 6.07) is 13.8. The molecule has 3 rings (SSSR count). The molecule has 4 nitrogen and oxygen atoms in total. The van der Waals surface area contributed by atoms with Crippen molar-refractivity contribution in [3.05, 3.63) is 61.9 Å². The fraction of sp³-hybridized carbons (Fsp3) is 0.273. The predicted octanol–water partition coefficient (Wildman–Crippen LogP) is 6.96. The molecule has 7 heteroatoms. The lowest BCUT2D eigenvalue weighted by atomic mass is 9.86. The minimum atomic E-state index is -0.233. The maximum Gasteiger partial charge on any atom is 0.264 e. The van der Waals surface area contributed by atoms with Crippen molar-refractivity contribution in [2.45, 2.75) is 33.1 Å². The SMILES string of the molecule is Cc1sc(NC(=O)COc2ccc(Br)cc2C(C)(C)C)nc1-c1ccc(Br)cc1. The third-order valence-electron chi connectivity index (χ3n) is 4.27. The Morgan fingerprint density at radius 1 is 1.10 bits per heavy atom. The van der Waals surface area contributed by atoms with E-state index in [2.05, 4.69) is 62.9 Å². The molecule has 0 spiro atoms. The number of carbonyl (C=O) groups excluding carboxylic acids is 1. The summed E-state index contributed by atoms with van der Waals surface area (Å²) in [5.74, 6) is 0.477. The zero-order valence-electron chi connectivity index (χ0n) is 16.7. The van der Waals surface area contributed by atoms with Crippen LogP contribution in [0.2, 0.25) is 0 Å². The first kappa shape index (κ1) is 22.0. The molecular weight excluding hydrogens is 516 g/mol. The summed E-state index contributed by atoms with van der Waals surface area (Å²) in [6.45, 7) is 8.27. The van der Waals surface area contributed by atoms with Gasteiger partial charge in [-0.2, -0.15) is 0 Å². The highest BCUT2D eigenvalue weighted by Gasteiger charge is 2.20. The van der Waals surface area contributed by atoms with Crippen molar-refractivity contribution < 1.29 is 9.53 Å². The zero-order chi connectivity index (χ0) is 21.2. The number of anilines is 1. The lowest BCUT2D eigenvalue weighted by Crippen LogP contribution is -2.22. The van der Waals surface area contributed by atoms with Gasteiger partial charge in [0, 0.05) is 24.9 Å². The standard InChI is InChI=1S/C22H22Br2N2O2S/c1-13-20(14-5-7-15(23)8-6-14)26-21(29-13)25-19(27)12-28-18-10-9-16(24)11-17(18)22(2,3)4/h5-11H,12H2,1-4H3,(H,25,26,27). The minimum absolute atomic E-state index is 0.0725. The molecule has 0 aliphatic heterocycles. The normalized spacial score (nSPS) is 11.4. The monoisotopic (exact) mass is 536 g/mol. The average Bonchev–Trinajstić information content (AvgIpc) is 3.00. The topological polar surface area (TPSA) is 51.2 Å². The van der Waals surface area contributed by atoms with Crippen LogP contribution in [0.1, 0.15) is 31.2 Å². The molecule has 2 aromatic carbocycles. The Labute approximate surface area is 192 Å². The molecule has 1 N–H and O–H groups in total. The van der Waals surface area contributed by atoms with E-state index in [1.165, 1.54) is 11.3 Å². The number of ether oxygens (including phenoxy) is 1.